The molecule has 0 aromatic rings. The average molecular weight is 266 g/mol. The zero-order chi connectivity index (χ0) is 13.5. The predicted molar refractivity (Wildman–Crippen MR) is 83.5 cm³/mol. The minimum atomic E-state index is 0.775. The molecule has 2 heteroatoms. The van der Waals surface area contributed by atoms with Crippen LogP contribution in [0.4, 0.5) is 0 Å². The lowest BCUT2D eigenvalue weighted by Gasteiger charge is -2.33. The average Bonchev–Trinajstić information content (AvgIpc) is 2.81. The molecule has 2 aliphatic rings. The quantitative estimate of drug-likeness (QED) is 0.736. The van der Waals surface area contributed by atoms with E-state index in [4.69, 9.17) is 0 Å². The Bertz CT molecular complexity index is 235. The Hall–Kier alpha value is -0.0800. The van der Waals surface area contributed by atoms with Gasteiger partial charge in [-0.3, -0.25) is 4.90 Å². The van der Waals surface area contributed by atoms with Crippen molar-refractivity contribution in [2.75, 3.05) is 19.6 Å². The van der Waals surface area contributed by atoms with E-state index in [0.29, 0.717) is 0 Å². The van der Waals surface area contributed by atoms with Crippen molar-refractivity contribution in [2.24, 2.45) is 5.92 Å². The topological polar surface area (TPSA) is 15.3 Å². The molecule has 1 N–H and O–H groups in total. The first kappa shape index (κ1) is 15.3. The molecule has 0 aromatic heterocycles. The van der Waals surface area contributed by atoms with Gasteiger partial charge in [-0.1, -0.05) is 33.1 Å². The molecule has 0 radical (unpaired) electrons. The van der Waals surface area contributed by atoms with Crippen LogP contribution in [0, 0.1) is 5.92 Å². The Balaban J connectivity index is 1.85. The number of nitrogens with one attached hydrogen (secondary N) is 1. The molecule has 2 fully saturated rings. The van der Waals surface area contributed by atoms with Crippen molar-refractivity contribution in [1.82, 2.24) is 10.2 Å². The summed E-state index contributed by atoms with van der Waals surface area (Å²) < 4.78 is 0. The fourth-order valence-corrected chi connectivity index (χ4v) is 4.04. The van der Waals surface area contributed by atoms with Gasteiger partial charge in [-0.05, 0) is 57.5 Å². The maximum absolute atomic E-state index is 3.68. The Morgan fingerprint density at radius 3 is 2.58 bits per heavy atom. The maximum atomic E-state index is 3.68. The van der Waals surface area contributed by atoms with E-state index in [1.807, 2.05) is 0 Å². The fraction of sp³-hybridized carbons (Fsp3) is 1.00. The van der Waals surface area contributed by atoms with Crippen LogP contribution >= 0.6 is 0 Å². The van der Waals surface area contributed by atoms with Crippen LogP contribution in [0.15, 0.2) is 0 Å². The van der Waals surface area contributed by atoms with E-state index >= 15 is 0 Å². The van der Waals surface area contributed by atoms with Gasteiger partial charge >= 0.3 is 0 Å². The first-order chi connectivity index (χ1) is 9.33. The summed E-state index contributed by atoms with van der Waals surface area (Å²) in [5.74, 6) is 1.01. The molecule has 1 saturated carbocycles. The van der Waals surface area contributed by atoms with Crippen LogP contribution in [0.3, 0.4) is 0 Å². The molecule has 0 amide bonds. The van der Waals surface area contributed by atoms with E-state index in [1.165, 1.54) is 77.4 Å². The van der Waals surface area contributed by atoms with Gasteiger partial charge in [0.05, 0.1) is 0 Å². The molecule has 1 saturated heterocycles. The zero-order valence-corrected chi connectivity index (χ0v) is 13.2. The summed E-state index contributed by atoms with van der Waals surface area (Å²) in [4.78, 5) is 2.82. The van der Waals surface area contributed by atoms with Crippen LogP contribution < -0.4 is 5.32 Å². The van der Waals surface area contributed by atoms with Crippen molar-refractivity contribution < 1.29 is 0 Å². The Kier molecular flexibility index (Phi) is 6.66. The van der Waals surface area contributed by atoms with E-state index in [0.717, 1.165) is 18.0 Å². The Morgan fingerprint density at radius 1 is 1.00 bits per heavy atom. The number of nitrogens with zero attached hydrogens (tertiary/aromatic N) is 1. The smallest absolute Gasteiger partial charge is 0.0195 e. The molecule has 2 nitrogen and oxygen atoms in total. The van der Waals surface area contributed by atoms with Gasteiger partial charge in [-0.2, -0.15) is 0 Å². The molecule has 1 heterocycles. The SMILES string of the molecule is CCCN(CC1CCCN1)C1CCCC(CC)CC1. The highest BCUT2D eigenvalue weighted by Gasteiger charge is 2.25. The first-order valence-electron chi connectivity index (χ1n) is 8.80. The van der Waals surface area contributed by atoms with Gasteiger partial charge in [0.25, 0.3) is 0 Å². The van der Waals surface area contributed by atoms with Crippen molar-refractivity contribution in [2.45, 2.75) is 83.7 Å². The number of rotatable bonds is 6. The van der Waals surface area contributed by atoms with E-state index in [1.54, 1.807) is 0 Å². The molecule has 3 atom stereocenters. The molecule has 0 spiro atoms. The lowest BCUT2D eigenvalue weighted by Crippen LogP contribution is -2.43. The molecular formula is C17H34N2. The molecule has 1 aliphatic carbocycles. The van der Waals surface area contributed by atoms with Crippen molar-refractivity contribution in [3.8, 4) is 0 Å². The highest BCUT2D eigenvalue weighted by molar-refractivity contribution is 4.83. The third-order valence-corrected chi connectivity index (χ3v) is 5.28. The van der Waals surface area contributed by atoms with Crippen LogP contribution in [0.2, 0.25) is 0 Å². The summed E-state index contributed by atoms with van der Waals surface area (Å²) >= 11 is 0. The van der Waals surface area contributed by atoms with Gasteiger partial charge in [0.15, 0.2) is 0 Å². The van der Waals surface area contributed by atoms with Crippen LogP contribution in [0.25, 0.3) is 0 Å². The van der Waals surface area contributed by atoms with Gasteiger partial charge < -0.3 is 5.32 Å². The minimum absolute atomic E-state index is 0.775. The number of hydrogen-bond donors (Lipinski definition) is 1. The second-order valence-corrected chi connectivity index (χ2v) is 6.72. The second-order valence-electron chi connectivity index (χ2n) is 6.72. The molecule has 0 bridgehead atoms. The molecule has 2 rings (SSSR count). The van der Waals surface area contributed by atoms with E-state index in [9.17, 15) is 0 Å². The second kappa shape index (κ2) is 8.26. The molecular weight excluding hydrogens is 232 g/mol. The molecule has 19 heavy (non-hydrogen) atoms. The lowest BCUT2D eigenvalue weighted by atomic mass is 9.97. The highest BCUT2D eigenvalue weighted by atomic mass is 15.2. The number of hydrogen-bond acceptors (Lipinski definition) is 2. The summed E-state index contributed by atoms with van der Waals surface area (Å²) in [5, 5.41) is 3.68. The largest absolute Gasteiger partial charge is 0.313 e. The van der Waals surface area contributed by atoms with E-state index in [2.05, 4.69) is 24.1 Å². The first-order valence-corrected chi connectivity index (χ1v) is 8.80. The zero-order valence-electron chi connectivity index (χ0n) is 13.2. The summed E-state index contributed by atoms with van der Waals surface area (Å²) in [5.41, 5.74) is 0. The molecule has 0 aromatic carbocycles. The van der Waals surface area contributed by atoms with Crippen molar-refractivity contribution in [3.63, 3.8) is 0 Å². The van der Waals surface area contributed by atoms with Crippen molar-refractivity contribution >= 4 is 0 Å². The highest BCUT2D eigenvalue weighted by Crippen LogP contribution is 2.28. The lowest BCUT2D eigenvalue weighted by molar-refractivity contribution is 0.163. The summed E-state index contributed by atoms with van der Waals surface area (Å²) in [6, 6.07) is 1.65. The minimum Gasteiger partial charge on any atom is -0.313 e. The van der Waals surface area contributed by atoms with Crippen LogP contribution in [-0.4, -0.2) is 36.6 Å². The van der Waals surface area contributed by atoms with Crippen LogP contribution in [0.5, 0.6) is 0 Å². The normalized spacial score (nSPS) is 32.7. The molecule has 3 unspecified atom stereocenters. The van der Waals surface area contributed by atoms with Gasteiger partial charge in [-0.15, -0.1) is 0 Å². The van der Waals surface area contributed by atoms with Crippen LogP contribution in [-0.2, 0) is 0 Å². The van der Waals surface area contributed by atoms with Crippen molar-refractivity contribution in [1.29, 1.82) is 0 Å². The monoisotopic (exact) mass is 266 g/mol. The predicted octanol–water partition coefficient (Wildman–Crippen LogP) is 3.81. The maximum Gasteiger partial charge on any atom is 0.0195 e. The third kappa shape index (κ3) is 4.75. The third-order valence-electron chi connectivity index (χ3n) is 5.28. The van der Waals surface area contributed by atoms with E-state index < -0.39 is 0 Å². The Morgan fingerprint density at radius 2 is 1.89 bits per heavy atom. The van der Waals surface area contributed by atoms with Crippen molar-refractivity contribution in [3.05, 3.63) is 0 Å². The van der Waals surface area contributed by atoms with Gasteiger partial charge in [0.2, 0.25) is 0 Å². The standard InChI is InChI=1S/C17H34N2/c1-3-13-19(14-16-8-6-12-18-16)17-9-5-7-15(4-2)10-11-17/h15-18H,3-14H2,1-2H3. The van der Waals surface area contributed by atoms with Gasteiger partial charge in [0, 0.05) is 18.6 Å². The summed E-state index contributed by atoms with van der Waals surface area (Å²) in [7, 11) is 0. The van der Waals surface area contributed by atoms with Crippen LogP contribution in [0.1, 0.15) is 71.6 Å². The van der Waals surface area contributed by atoms with Gasteiger partial charge in [0.1, 0.15) is 0 Å². The van der Waals surface area contributed by atoms with E-state index in [-0.39, 0.29) is 0 Å². The fourth-order valence-electron chi connectivity index (χ4n) is 4.04. The Labute approximate surface area is 120 Å². The van der Waals surface area contributed by atoms with Gasteiger partial charge in [-0.25, -0.2) is 0 Å². The summed E-state index contributed by atoms with van der Waals surface area (Å²) in [6.45, 7) is 8.56. The molecule has 1 aliphatic heterocycles. The molecule has 112 valence electrons. The summed E-state index contributed by atoms with van der Waals surface area (Å²) in [6.07, 6.45) is 12.8.